The van der Waals surface area contributed by atoms with Gasteiger partial charge in [0.25, 0.3) is 5.91 Å². The lowest BCUT2D eigenvalue weighted by molar-refractivity contribution is 0.0948. The SMILES string of the molecule is CCn1c(CNC(=O)c2cnc3cc(C)nn3c2C)nc2ccccc21. The first-order chi connectivity index (χ1) is 12.6. The number of fused-ring (bicyclic) bond motifs is 2. The van der Waals surface area contributed by atoms with Crippen molar-refractivity contribution in [3.63, 3.8) is 0 Å². The van der Waals surface area contributed by atoms with Crippen molar-refractivity contribution in [3.05, 3.63) is 59.3 Å². The topological polar surface area (TPSA) is 77.1 Å². The van der Waals surface area contributed by atoms with E-state index in [1.54, 1.807) is 10.7 Å². The predicted molar refractivity (Wildman–Crippen MR) is 99.0 cm³/mol. The highest BCUT2D eigenvalue weighted by Gasteiger charge is 2.15. The molecule has 7 nitrogen and oxygen atoms in total. The Labute approximate surface area is 150 Å². The maximum Gasteiger partial charge on any atom is 0.255 e. The van der Waals surface area contributed by atoms with Crippen molar-refractivity contribution in [2.24, 2.45) is 0 Å². The van der Waals surface area contributed by atoms with Gasteiger partial charge in [-0.1, -0.05) is 12.1 Å². The third-order valence-corrected chi connectivity index (χ3v) is 4.55. The Morgan fingerprint density at radius 1 is 1.23 bits per heavy atom. The zero-order valence-electron chi connectivity index (χ0n) is 15.0. The lowest BCUT2D eigenvalue weighted by Crippen LogP contribution is -2.26. The fraction of sp³-hybridized carbons (Fsp3) is 0.263. The van der Waals surface area contributed by atoms with Crippen LogP contribution in [0.2, 0.25) is 0 Å². The third kappa shape index (κ3) is 2.61. The van der Waals surface area contributed by atoms with Gasteiger partial charge >= 0.3 is 0 Å². The average molecular weight is 348 g/mol. The summed E-state index contributed by atoms with van der Waals surface area (Å²) >= 11 is 0. The van der Waals surface area contributed by atoms with Crippen LogP contribution in [0.1, 0.15) is 34.5 Å². The number of nitrogens with one attached hydrogen (secondary N) is 1. The van der Waals surface area contributed by atoms with Crippen molar-refractivity contribution in [2.75, 3.05) is 0 Å². The molecule has 3 aromatic heterocycles. The molecule has 0 fully saturated rings. The number of hydrogen-bond acceptors (Lipinski definition) is 4. The molecule has 0 bridgehead atoms. The summed E-state index contributed by atoms with van der Waals surface area (Å²) in [7, 11) is 0. The number of aromatic nitrogens is 5. The summed E-state index contributed by atoms with van der Waals surface area (Å²) in [5.41, 5.74) is 4.90. The van der Waals surface area contributed by atoms with E-state index in [1.165, 1.54) is 0 Å². The molecule has 132 valence electrons. The van der Waals surface area contributed by atoms with Crippen LogP contribution in [0.3, 0.4) is 0 Å². The molecule has 0 aliphatic carbocycles. The summed E-state index contributed by atoms with van der Waals surface area (Å²) in [5.74, 6) is 0.656. The van der Waals surface area contributed by atoms with Crippen LogP contribution in [0.4, 0.5) is 0 Å². The number of nitrogens with zero attached hydrogens (tertiary/aromatic N) is 5. The zero-order chi connectivity index (χ0) is 18.3. The summed E-state index contributed by atoms with van der Waals surface area (Å²) in [6.07, 6.45) is 1.60. The van der Waals surface area contributed by atoms with Crippen LogP contribution in [0, 0.1) is 13.8 Å². The van der Waals surface area contributed by atoms with E-state index in [1.807, 2.05) is 44.2 Å². The average Bonchev–Trinajstić information content (AvgIpc) is 3.19. The number of rotatable bonds is 4. The molecule has 0 aliphatic heterocycles. The highest BCUT2D eigenvalue weighted by Crippen LogP contribution is 2.16. The smallest absolute Gasteiger partial charge is 0.255 e. The maximum atomic E-state index is 12.7. The summed E-state index contributed by atoms with van der Waals surface area (Å²) < 4.78 is 3.81. The molecule has 0 radical (unpaired) electrons. The van der Waals surface area contributed by atoms with Crippen LogP contribution in [-0.2, 0) is 13.1 Å². The van der Waals surface area contributed by atoms with Gasteiger partial charge in [0.05, 0.1) is 34.5 Å². The molecular formula is C19H20N6O. The minimum absolute atomic E-state index is 0.181. The molecular weight excluding hydrogens is 328 g/mol. The fourth-order valence-electron chi connectivity index (χ4n) is 3.25. The van der Waals surface area contributed by atoms with E-state index in [0.29, 0.717) is 12.1 Å². The van der Waals surface area contributed by atoms with Crippen molar-refractivity contribution in [1.29, 1.82) is 0 Å². The van der Waals surface area contributed by atoms with Gasteiger partial charge in [0.1, 0.15) is 5.82 Å². The first-order valence-corrected chi connectivity index (χ1v) is 8.62. The van der Waals surface area contributed by atoms with E-state index < -0.39 is 0 Å². The number of para-hydroxylation sites is 2. The molecule has 26 heavy (non-hydrogen) atoms. The summed E-state index contributed by atoms with van der Waals surface area (Å²) in [5, 5.41) is 7.35. The van der Waals surface area contributed by atoms with Crippen LogP contribution >= 0.6 is 0 Å². The molecule has 0 atom stereocenters. The van der Waals surface area contributed by atoms with Gasteiger partial charge in [-0.05, 0) is 32.9 Å². The van der Waals surface area contributed by atoms with Gasteiger partial charge in [0.2, 0.25) is 0 Å². The Morgan fingerprint density at radius 2 is 2.04 bits per heavy atom. The lowest BCUT2D eigenvalue weighted by Gasteiger charge is -2.10. The van der Waals surface area contributed by atoms with E-state index in [2.05, 4.69) is 31.9 Å². The lowest BCUT2D eigenvalue weighted by atomic mass is 10.2. The number of carbonyl (C=O) groups is 1. The van der Waals surface area contributed by atoms with E-state index in [9.17, 15) is 4.79 Å². The molecule has 0 aliphatic rings. The molecule has 1 aromatic carbocycles. The Bertz CT molecular complexity index is 1120. The number of amides is 1. The number of benzene rings is 1. The van der Waals surface area contributed by atoms with Crippen LogP contribution in [0.15, 0.2) is 36.5 Å². The van der Waals surface area contributed by atoms with Gasteiger partial charge in [-0.3, -0.25) is 4.79 Å². The molecule has 7 heteroatoms. The first-order valence-electron chi connectivity index (χ1n) is 8.62. The van der Waals surface area contributed by atoms with Gasteiger partial charge in [0.15, 0.2) is 5.65 Å². The molecule has 4 rings (SSSR count). The van der Waals surface area contributed by atoms with Gasteiger partial charge in [-0.2, -0.15) is 5.10 Å². The number of imidazole rings is 1. The van der Waals surface area contributed by atoms with E-state index >= 15 is 0 Å². The number of hydrogen-bond donors (Lipinski definition) is 1. The Hall–Kier alpha value is -3.22. The maximum absolute atomic E-state index is 12.7. The second-order valence-corrected chi connectivity index (χ2v) is 6.26. The molecule has 4 aromatic rings. The van der Waals surface area contributed by atoms with Gasteiger partial charge < -0.3 is 9.88 Å². The molecule has 1 N–H and O–H groups in total. The van der Waals surface area contributed by atoms with Crippen molar-refractivity contribution < 1.29 is 4.79 Å². The largest absolute Gasteiger partial charge is 0.345 e. The van der Waals surface area contributed by atoms with Gasteiger partial charge in [-0.15, -0.1) is 0 Å². The van der Waals surface area contributed by atoms with Crippen LogP contribution in [-0.4, -0.2) is 30.1 Å². The highest BCUT2D eigenvalue weighted by molar-refractivity contribution is 5.95. The highest BCUT2D eigenvalue weighted by atomic mass is 16.1. The first kappa shape index (κ1) is 16.3. The molecule has 0 unspecified atom stereocenters. The van der Waals surface area contributed by atoms with Gasteiger partial charge in [0, 0.05) is 18.8 Å². The van der Waals surface area contributed by atoms with Crippen molar-refractivity contribution in [2.45, 2.75) is 33.9 Å². The Morgan fingerprint density at radius 3 is 2.85 bits per heavy atom. The normalized spacial score (nSPS) is 11.3. The Balaban J connectivity index is 1.60. The number of carbonyl (C=O) groups excluding carboxylic acids is 1. The van der Waals surface area contributed by atoms with Crippen LogP contribution < -0.4 is 5.32 Å². The monoisotopic (exact) mass is 348 g/mol. The summed E-state index contributed by atoms with van der Waals surface area (Å²) in [6.45, 7) is 7.00. The summed E-state index contributed by atoms with van der Waals surface area (Å²) in [6, 6.07) is 9.87. The molecule has 0 spiro atoms. The van der Waals surface area contributed by atoms with Crippen molar-refractivity contribution >= 4 is 22.6 Å². The second-order valence-electron chi connectivity index (χ2n) is 6.26. The second kappa shape index (κ2) is 6.25. The van der Waals surface area contributed by atoms with Crippen molar-refractivity contribution in [3.8, 4) is 0 Å². The molecule has 0 saturated heterocycles. The van der Waals surface area contributed by atoms with Crippen molar-refractivity contribution in [1.82, 2.24) is 29.5 Å². The zero-order valence-corrected chi connectivity index (χ0v) is 15.0. The van der Waals surface area contributed by atoms with Crippen LogP contribution in [0.5, 0.6) is 0 Å². The third-order valence-electron chi connectivity index (χ3n) is 4.55. The van der Waals surface area contributed by atoms with E-state index in [4.69, 9.17) is 0 Å². The molecule has 0 saturated carbocycles. The summed E-state index contributed by atoms with van der Waals surface area (Å²) in [4.78, 5) is 21.6. The van der Waals surface area contributed by atoms with E-state index in [-0.39, 0.29) is 5.91 Å². The van der Waals surface area contributed by atoms with Crippen LogP contribution in [0.25, 0.3) is 16.7 Å². The van der Waals surface area contributed by atoms with Gasteiger partial charge in [-0.25, -0.2) is 14.5 Å². The Kier molecular flexibility index (Phi) is 3.91. The van der Waals surface area contributed by atoms with E-state index in [0.717, 1.165) is 40.4 Å². The molecule has 3 heterocycles. The predicted octanol–water partition coefficient (Wildman–Crippen LogP) is 2.65. The minimum Gasteiger partial charge on any atom is -0.345 e. The number of aryl methyl sites for hydroxylation is 3. The molecule has 1 amide bonds. The minimum atomic E-state index is -0.181. The quantitative estimate of drug-likeness (QED) is 0.615. The standard InChI is InChI=1S/C19H20N6O/c1-4-24-16-8-6-5-7-15(16)22-18(24)11-21-19(26)14-10-20-17-9-12(2)23-25(17)13(14)3/h5-10H,4,11H2,1-3H3,(H,21,26). The fourth-order valence-corrected chi connectivity index (χ4v) is 3.25.